The Balaban J connectivity index is 2.04. The van der Waals surface area contributed by atoms with Gasteiger partial charge in [-0.05, 0) is 75.1 Å². The largest absolute Gasteiger partial charge is 0.350 e. The first-order chi connectivity index (χ1) is 14.3. The molecule has 0 heterocycles. The van der Waals surface area contributed by atoms with Gasteiger partial charge in [0.25, 0.3) is 11.8 Å². The highest BCUT2D eigenvalue weighted by atomic mass is 16.2. The third-order valence-electron chi connectivity index (χ3n) is 4.41. The molecule has 0 spiro atoms. The first-order valence-electron chi connectivity index (χ1n) is 10.4. The molecule has 30 heavy (non-hydrogen) atoms. The quantitative estimate of drug-likeness (QED) is 0.570. The number of nitrogens with one attached hydrogen (secondary N) is 2. The summed E-state index contributed by atoms with van der Waals surface area (Å²) in [7, 11) is 0. The number of carbonyl (C=O) groups is 2. The Morgan fingerprint density at radius 3 is 2.20 bits per heavy atom. The van der Waals surface area contributed by atoms with Crippen molar-refractivity contribution < 1.29 is 9.59 Å². The van der Waals surface area contributed by atoms with Crippen LogP contribution in [0.15, 0.2) is 66.3 Å². The average molecular weight is 405 g/mol. The lowest BCUT2D eigenvalue weighted by Gasteiger charge is -2.10. The van der Waals surface area contributed by atoms with Crippen LogP contribution in [0.3, 0.4) is 0 Å². The molecule has 2 amide bonds. The van der Waals surface area contributed by atoms with Crippen LogP contribution in [0.5, 0.6) is 0 Å². The van der Waals surface area contributed by atoms with Gasteiger partial charge >= 0.3 is 0 Å². The third-order valence-corrected chi connectivity index (χ3v) is 4.41. The van der Waals surface area contributed by atoms with Crippen molar-refractivity contribution in [1.29, 1.82) is 0 Å². The Bertz CT molecular complexity index is 934. The number of carbonyl (C=O) groups excluding carboxylic acids is 2. The van der Waals surface area contributed by atoms with Crippen LogP contribution in [0.25, 0.3) is 5.57 Å². The Labute approximate surface area is 180 Å². The molecule has 2 aromatic rings. The monoisotopic (exact) mass is 404 g/mol. The van der Waals surface area contributed by atoms with Gasteiger partial charge in [0.15, 0.2) is 0 Å². The van der Waals surface area contributed by atoms with Gasteiger partial charge in [-0.25, -0.2) is 0 Å². The van der Waals surface area contributed by atoms with E-state index < -0.39 is 0 Å². The van der Waals surface area contributed by atoms with E-state index in [2.05, 4.69) is 43.6 Å². The summed E-state index contributed by atoms with van der Waals surface area (Å²) in [6, 6.07) is 15.0. The summed E-state index contributed by atoms with van der Waals surface area (Å²) < 4.78 is 0. The number of amides is 2. The minimum absolute atomic E-state index is 0.0771. The zero-order valence-corrected chi connectivity index (χ0v) is 18.6. The van der Waals surface area contributed by atoms with Gasteiger partial charge in [-0.1, -0.05) is 48.9 Å². The van der Waals surface area contributed by atoms with Crippen LogP contribution in [0.2, 0.25) is 0 Å². The molecule has 0 radical (unpaired) electrons. The highest BCUT2D eigenvalue weighted by Crippen LogP contribution is 2.19. The minimum atomic E-state index is -0.137. The van der Waals surface area contributed by atoms with Gasteiger partial charge in [-0.2, -0.15) is 0 Å². The average Bonchev–Trinajstić information content (AvgIpc) is 2.71. The van der Waals surface area contributed by atoms with E-state index in [-0.39, 0.29) is 17.9 Å². The second kappa shape index (κ2) is 11.1. The summed E-state index contributed by atoms with van der Waals surface area (Å²) in [4.78, 5) is 24.7. The molecule has 0 bridgehead atoms. The molecule has 2 rings (SSSR count). The maximum absolute atomic E-state index is 12.5. The van der Waals surface area contributed by atoms with Crippen LogP contribution < -0.4 is 10.6 Å². The second-order valence-corrected chi connectivity index (χ2v) is 7.88. The first kappa shape index (κ1) is 23.1. The third kappa shape index (κ3) is 7.03. The summed E-state index contributed by atoms with van der Waals surface area (Å²) in [5.74, 6) is -0.247. The number of hydrogen-bond donors (Lipinski definition) is 2. The van der Waals surface area contributed by atoms with Crippen molar-refractivity contribution in [3.63, 3.8) is 0 Å². The topological polar surface area (TPSA) is 58.2 Å². The maximum atomic E-state index is 12.5. The zero-order valence-electron chi connectivity index (χ0n) is 18.6. The van der Waals surface area contributed by atoms with Gasteiger partial charge in [-0.3, -0.25) is 9.59 Å². The first-order valence-corrected chi connectivity index (χ1v) is 10.4. The Hall–Kier alpha value is -3.14. The van der Waals surface area contributed by atoms with Crippen LogP contribution in [-0.2, 0) is 6.54 Å². The molecule has 0 fully saturated rings. The summed E-state index contributed by atoms with van der Waals surface area (Å²) >= 11 is 0. The van der Waals surface area contributed by atoms with Crippen molar-refractivity contribution in [1.82, 2.24) is 10.6 Å². The summed E-state index contributed by atoms with van der Waals surface area (Å²) in [5.41, 5.74) is 5.59. The molecule has 2 N–H and O–H groups in total. The summed E-state index contributed by atoms with van der Waals surface area (Å²) in [6.45, 7) is 10.5. The molecule has 2 aromatic carbocycles. The Kier molecular flexibility index (Phi) is 8.60. The molecule has 0 aromatic heterocycles. The van der Waals surface area contributed by atoms with E-state index in [1.807, 2.05) is 56.3 Å². The van der Waals surface area contributed by atoms with Gasteiger partial charge in [-0.15, -0.1) is 0 Å². The van der Waals surface area contributed by atoms with E-state index in [1.54, 1.807) is 6.07 Å². The van der Waals surface area contributed by atoms with Gasteiger partial charge in [0.1, 0.15) is 0 Å². The maximum Gasteiger partial charge on any atom is 0.251 e. The predicted octanol–water partition coefficient (Wildman–Crippen LogP) is 5.51. The molecule has 0 unspecified atom stereocenters. The smallest absolute Gasteiger partial charge is 0.251 e. The molecule has 158 valence electrons. The van der Waals surface area contributed by atoms with E-state index in [0.717, 1.165) is 17.5 Å². The van der Waals surface area contributed by atoms with Crippen molar-refractivity contribution in [2.75, 3.05) is 0 Å². The molecular weight excluding hydrogens is 372 g/mol. The molecule has 0 aliphatic carbocycles. The number of hydrogen-bond acceptors (Lipinski definition) is 2. The Morgan fingerprint density at radius 1 is 0.933 bits per heavy atom. The van der Waals surface area contributed by atoms with Crippen molar-refractivity contribution in [3.05, 3.63) is 88.5 Å². The van der Waals surface area contributed by atoms with E-state index in [9.17, 15) is 9.59 Å². The lowest BCUT2D eigenvalue weighted by Crippen LogP contribution is -2.30. The molecule has 4 nitrogen and oxygen atoms in total. The van der Waals surface area contributed by atoms with Gasteiger partial charge < -0.3 is 10.6 Å². The SMILES string of the molecule is CC/C=C(\C=C(C)C)c1ccc(C(=O)NCc2cccc(C(=O)NC(C)C)c2)cc1. The van der Waals surface area contributed by atoms with E-state index in [0.29, 0.717) is 17.7 Å². The van der Waals surface area contributed by atoms with E-state index in [4.69, 9.17) is 0 Å². The fraction of sp³-hybridized carbons (Fsp3) is 0.308. The highest BCUT2D eigenvalue weighted by molar-refractivity contribution is 5.95. The van der Waals surface area contributed by atoms with Crippen molar-refractivity contribution in [2.24, 2.45) is 0 Å². The molecule has 0 atom stereocenters. The van der Waals surface area contributed by atoms with Crippen LogP contribution in [0.4, 0.5) is 0 Å². The van der Waals surface area contributed by atoms with Crippen LogP contribution in [0.1, 0.15) is 72.9 Å². The number of rotatable bonds is 8. The minimum Gasteiger partial charge on any atom is -0.350 e. The molecule has 0 saturated heterocycles. The lowest BCUT2D eigenvalue weighted by molar-refractivity contribution is 0.0939. The Morgan fingerprint density at radius 2 is 1.60 bits per heavy atom. The van der Waals surface area contributed by atoms with E-state index in [1.165, 1.54) is 11.1 Å². The van der Waals surface area contributed by atoms with Crippen LogP contribution in [0, 0.1) is 0 Å². The standard InChI is InChI=1S/C26H32N2O2/c1-6-8-23(15-18(2)3)21-11-13-22(14-12-21)25(29)27-17-20-9-7-10-24(16-20)26(30)28-19(4)5/h7-16,19H,6,17H2,1-5H3,(H,27,29)(H,28,30)/b23-8+. The van der Waals surface area contributed by atoms with E-state index >= 15 is 0 Å². The fourth-order valence-electron chi connectivity index (χ4n) is 3.06. The molecule has 0 saturated carbocycles. The predicted molar refractivity (Wildman–Crippen MR) is 124 cm³/mol. The lowest BCUT2D eigenvalue weighted by atomic mass is 10.0. The normalized spacial score (nSPS) is 11.2. The molecule has 4 heteroatoms. The van der Waals surface area contributed by atoms with Gasteiger partial charge in [0, 0.05) is 23.7 Å². The van der Waals surface area contributed by atoms with Gasteiger partial charge in [0.2, 0.25) is 0 Å². The summed E-state index contributed by atoms with van der Waals surface area (Å²) in [6.07, 6.45) is 5.29. The summed E-state index contributed by atoms with van der Waals surface area (Å²) in [5, 5.41) is 5.81. The molecule has 0 aliphatic heterocycles. The van der Waals surface area contributed by atoms with Crippen molar-refractivity contribution in [2.45, 2.75) is 53.6 Å². The van der Waals surface area contributed by atoms with Crippen molar-refractivity contribution >= 4 is 17.4 Å². The number of allylic oxidation sites excluding steroid dienone is 4. The zero-order chi connectivity index (χ0) is 22.1. The second-order valence-electron chi connectivity index (χ2n) is 7.88. The van der Waals surface area contributed by atoms with Crippen molar-refractivity contribution in [3.8, 4) is 0 Å². The number of benzene rings is 2. The van der Waals surface area contributed by atoms with Crippen LogP contribution >= 0.6 is 0 Å². The molecular formula is C26H32N2O2. The van der Waals surface area contributed by atoms with Gasteiger partial charge in [0.05, 0.1) is 0 Å². The highest BCUT2D eigenvalue weighted by Gasteiger charge is 2.09. The molecule has 0 aliphatic rings. The van der Waals surface area contributed by atoms with Crippen LogP contribution in [-0.4, -0.2) is 17.9 Å². The fourth-order valence-corrected chi connectivity index (χ4v) is 3.06.